The number of hydrogen-bond donors (Lipinski definition) is 0. The van der Waals surface area contributed by atoms with Gasteiger partial charge in [-0.1, -0.05) is 87.1 Å². The minimum absolute atomic E-state index is 0.609. The normalized spacial score (nSPS) is 20.9. The van der Waals surface area contributed by atoms with E-state index >= 15 is 0 Å². The first-order chi connectivity index (χ1) is 16.8. The van der Waals surface area contributed by atoms with E-state index in [0.29, 0.717) is 11.8 Å². The minimum Gasteiger partial charge on any atom is -0.441 e. The third-order valence-corrected chi connectivity index (χ3v) is 9.57. The van der Waals surface area contributed by atoms with E-state index in [2.05, 4.69) is 60.7 Å². The summed E-state index contributed by atoms with van der Waals surface area (Å²) in [5.74, 6) is 2.08. The lowest BCUT2D eigenvalue weighted by atomic mass is 9.81. The molecule has 1 atom stereocenters. The Balaban J connectivity index is 1.45. The minimum atomic E-state index is -2.32. The Bertz CT molecular complexity index is 1190. The van der Waals surface area contributed by atoms with Gasteiger partial charge >= 0.3 is 0 Å². The predicted molar refractivity (Wildman–Crippen MR) is 142 cm³/mol. The van der Waals surface area contributed by atoms with Gasteiger partial charge in [-0.15, -0.1) is 0 Å². The van der Waals surface area contributed by atoms with Crippen molar-refractivity contribution in [1.29, 1.82) is 0 Å². The average Bonchev–Trinajstić information content (AvgIpc) is 2.90. The van der Waals surface area contributed by atoms with Crippen LogP contribution >= 0.6 is 8.03 Å². The molecule has 1 aliphatic heterocycles. The smallest absolute Gasteiger partial charge is 0.266 e. The SMILES string of the molecule is O=[PH]1Oc2c(Cc3ccccc3)cc(C3CCCCC3)cc2-c2ccc(C3CCCCC3)cc21. The number of benzene rings is 3. The molecule has 0 spiro atoms. The molecule has 0 amide bonds. The van der Waals surface area contributed by atoms with Gasteiger partial charge in [0.15, 0.2) is 0 Å². The fraction of sp³-hybridized carbons (Fsp3) is 0.419. The summed E-state index contributed by atoms with van der Waals surface area (Å²) >= 11 is 0. The van der Waals surface area contributed by atoms with Crippen LogP contribution in [0.4, 0.5) is 0 Å². The summed E-state index contributed by atoms with van der Waals surface area (Å²) < 4.78 is 19.7. The number of hydrogen-bond acceptors (Lipinski definition) is 2. The van der Waals surface area contributed by atoms with Crippen LogP contribution in [0.25, 0.3) is 11.1 Å². The second kappa shape index (κ2) is 9.74. The highest BCUT2D eigenvalue weighted by atomic mass is 31.1. The molecule has 1 unspecified atom stereocenters. The zero-order chi connectivity index (χ0) is 22.9. The van der Waals surface area contributed by atoms with Crippen LogP contribution in [-0.4, -0.2) is 0 Å². The molecule has 2 aliphatic carbocycles. The van der Waals surface area contributed by atoms with Crippen LogP contribution in [0.1, 0.15) is 98.3 Å². The molecule has 2 fully saturated rings. The standard InChI is InChI=1S/C31H35O2P/c32-34-30-21-25(23-12-6-2-7-13-23)16-17-28(30)29-20-26(24-14-8-3-9-15-24)19-27(31(29)33-34)18-22-10-4-1-5-11-22/h1,4-5,10-11,16-17,19-21,23-24,34H,2-3,6-9,12-15,18H2. The van der Waals surface area contributed by atoms with Crippen molar-refractivity contribution in [2.75, 3.05) is 0 Å². The number of fused-ring (bicyclic) bond motifs is 3. The van der Waals surface area contributed by atoms with Crippen LogP contribution < -0.4 is 9.83 Å². The Morgan fingerprint density at radius 2 is 1.38 bits per heavy atom. The van der Waals surface area contributed by atoms with Gasteiger partial charge in [-0.25, -0.2) is 0 Å². The third-order valence-electron chi connectivity index (χ3n) is 8.33. The molecule has 6 rings (SSSR count). The molecule has 3 heteroatoms. The van der Waals surface area contributed by atoms with Crippen molar-refractivity contribution in [2.24, 2.45) is 0 Å². The summed E-state index contributed by atoms with van der Waals surface area (Å²) in [5, 5.41) is 0.937. The van der Waals surface area contributed by atoms with Crippen molar-refractivity contribution in [3.8, 4) is 16.9 Å². The lowest BCUT2D eigenvalue weighted by Crippen LogP contribution is -2.15. The second-order valence-corrected chi connectivity index (χ2v) is 11.9. The Morgan fingerprint density at radius 3 is 2.09 bits per heavy atom. The second-order valence-electron chi connectivity index (χ2n) is 10.6. The average molecular weight is 471 g/mol. The Labute approximate surface area is 204 Å². The highest BCUT2D eigenvalue weighted by Crippen LogP contribution is 2.48. The summed E-state index contributed by atoms with van der Waals surface area (Å²) in [6.07, 6.45) is 13.8. The number of rotatable bonds is 4. The van der Waals surface area contributed by atoms with Gasteiger partial charge in [0.2, 0.25) is 0 Å². The lowest BCUT2D eigenvalue weighted by molar-refractivity contribution is 0.443. The van der Waals surface area contributed by atoms with Gasteiger partial charge in [0.05, 0.1) is 5.30 Å². The molecule has 0 N–H and O–H groups in total. The Morgan fingerprint density at radius 1 is 0.706 bits per heavy atom. The summed E-state index contributed by atoms with van der Waals surface area (Å²) in [5.41, 5.74) is 7.55. The van der Waals surface area contributed by atoms with E-state index in [1.807, 2.05) is 0 Å². The van der Waals surface area contributed by atoms with E-state index < -0.39 is 8.03 Å². The van der Waals surface area contributed by atoms with E-state index in [4.69, 9.17) is 4.52 Å². The van der Waals surface area contributed by atoms with Gasteiger partial charge < -0.3 is 4.52 Å². The molecule has 2 saturated carbocycles. The molecule has 0 aromatic heterocycles. The molecule has 3 aliphatic rings. The summed E-state index contributed by atoms with van der Waals surface area (Å²) in [6, 6.07) is 22.1. The monoisotopic (exact) mass is 470 g/mol. The molecule has 1 heterocycles. The van der Waals surface area contributed by atoms with E-state index in [1.54, 1.807) is 0 Å². The van der Waals surface area contributed by atoms with Crippen molar-refractivity contribution in [3.05, 3.63) is 82.9 Å². The van der Waals surface area contributed by atoms with Crippen LogP contribution in [0.3, 0.4) is 0 Å². The topological polar surface area (TPSA) is 26.3 Å². The molecule has 2 nitrogen and oxygen atoms in total. The quantitative estimate of drug-likeness (QED) is 0.357. The maximum absolute atomic E-state index is 13.4. The van der Waals surface area contributed by atoms with Crippen molar-refractivity contribution in [3.63, 3.8) is 0 Å². The first-order valence-electron chi connectivity index (χ1n) is 13.3. The molecule has 176 valence electrons. The summed E-state index contributed by atoms with van der Waals surface area (Å²) in [7, 11) is -2.32. The zero-order valence-corrected chi connectivity index (χ0v) is 21.0. The van der Waals surface area contributed by atoms with Gasteiger partial charge in [0.25, 0.3) is 8.03 Å². The van der Waals surface area contributed by atoms with Crippen LogP contribution in [0.15, 0.2) is 60.7 Å². The maximum atomic E-state index is 13.4. The molecule has 0 radical (unpaired) electrons. The van der Waals surface area contributed by atoms with Gasteiger partial charge in [0, 0.05) is 12.0 Å². The zero-order valence-electron chi connectivity index (χ0n) is 20.0. The van der Waals surface area contributed by atoms with Crippen molar-refractivity contribution in [2.45, 2.75) is 82.5 Å². The highest BCUT2D eigenvalue weighted by molar-refractivity contribution is 7.49. The van der Waals surface area contributed by atoms with E-state index in [0.717, 1.165) is 28.6 Å². The van der Waals surface area contributed by atoms with Gasteiger partial charge in [-0.3, -0.25) is 4.57 Å². The van der Waals surface area contributed by atoms with E-state index in [9.17, 15) is 4.57 Å². The molecular weight excluding hydrogens is 435 g/mol. The third kappa shape index (κ3) is 4.38. The predicted octanol–water partition coefficient (Wildman–Crippen LogP) is 8.53. The van der Waals surface area contributed by atoms with Gasteiger partial charge in [0.1, 0.15) is 5.75 Å². The molecular formula is C31H35O2P. The summed E-state index contributed by atoms with van der Waals surface area (Å²) in [4.78, 5) is 0. The van der Waals surface area contributed by atoms with Crippen molar-refractivity contribution < 1.29 is 9.09 Å². The van der Waals surface area contributed by atoms with Crippen molar-refractivity contribution in [1.82, 2.24) is 0 Å². The Hall–Kier alpha value is -2.31. The van der Waals surface area contributed by atoms with Crippen LogP contribution in [-0.2, 0) is 11.0 Å². The van der Waals surface area contributed by atoms with Crippen molar-refractivity contribution >= 4 is 13.3 Å². The van der Waals surface area contributed by atoms with Gasteiger partial charge in [-0.2, -0.15) is 0 Å². The molecule has 34 heavy (non-hydrogen) atoms. The van der Waals surface area contributed by atoms with Crippen LogP contribution in [0.5, 0.6) is 5.75 Å². The fourth-order valence-electron chi connectivity index (χ4n) is 6.46. The van der Waals surface area contributed by atoms with Crippen LogP contribution in [0, 0.1) is 0 Å². The highest BCUT2D eigenvalue weighted by Gasteiger charge is 2.29. The van der Waals surface area contributed by atoms with Crippen LogP contribution in [0.2, 0.25) is 0 Å². The van der Waals surface area contributed by atoms with E-state index in [-0.39, 0.29) is 0 Å². The fourth-order valence-corrected chi connectivity index (χ4v) is 7.71. The first-order valence-corrected chi connectivity index (χ1v) is 14.6. The molecule has 0 saturated heterocycles. The van der Waals surface area contributed by atoms with E-state index in [1.165, 1.54) is 86.5 Å². The first kappa shape index (κ1) is 22.2. The molecule has 3 aromatic rings. The molecule has 0 bridgehead atoms. The van der Waals surface area contributed by atoms with Gasteiger partial charge in [-0.05, 0) is 77.5 Å². The lowest BCUT2D eigenvalue weighted by Gasteiger charge is -2.29. The summed E-state index contributed by atoms with van der Waals surface area (Å²) in [6.45, 7) is 0. The maximum Gasteiger partial charge on any atom is 0.266 e. The molecule has 3 aromatic carbocycles. The Kier molecular flexibility index (Phi) is 6.35. The largest absolute Gasteiger partial charge is 0.441 e.